The van der Waals surface area contributed by atoms with E-state index in [9.17, 15) is 8.42 Å². The third kappa shape index (κ3) is 5.01. The van der Waals surface area contributed by atoms with Crippen LogP contribution < -0.4 is 5.32 Å². The van der Waals surface area contributed by atoms with Crippen LogP contribution in [0.5, 0.6) is 0 Å². The van der Waals surface area contributed by atoms with Crippen molar-refractivity contribution in [2.24, 2.45) is 0 Å². The molecule has 0 saturated heterocycles. The van der Waals surface area contributed by atoms with E-state index in [-0.39, 0.29) is 5.25 Å². The molecule has 0 amide bonds. The van der Waals surface area contributed by atoms with E-state index >= 15 is 0 Å². The Hall–Kier alpha value is -0.510. The Morgan fingerprint density at radius 1 is 1.22 bits per heavy atom. The third-order valence-corrected chi connectivity index (χ3v) is 5.53. The molecule has 1 atom stereocenters. The van der Waals surface area contributed by atoms with Crippen LogP contribution in [-0.2, 0) is 9.84 Å². The van der Waals surface area contributed by atoms with Crippen molar-refractivity contribution in [1.82, 2.24) is 5.32 Å². The van der Waals surface area contributed by atoms with Crippen LogP contribution in [0.1, 0.15) is 65.2 Å². The summed E-state index contributed by atoms with van der Waals surface area (Å²) in [4.78, 5) is 0. The normalized spacial score (nSPS) is 23.0. The second-order valence-electron chi connectivity index (χ2n) is 5.17. The Balaban J connectivity index is 2.64. The maximum Gasteiger partial charge on any atom is 0.176 e. The third-order valence-electron chi connectivity index (χ3n) is 3.52. The van der Waals surface area contributed by atoms with Crippen LogP contribution in [0.25, 0.3) is 0 Å². The number of unbranched alkanes of at least 4 members (excludes halogenated alkanes) is 3. The van der Waals surface area contributed by atoms with Gasteiger partial charge in [-0.2, -0.15) is 0 Å². The highest BCUT2D eigenvalue weighted by Crippen LogP contribution is 2.21. The molecule has 1 N–H and O–H groups in total. The van der Waals surface area contributed by atoms with Crippen molar-refractivity contribution in [3.8, 4) is 0 Å². The zero-order chi connectivity index (χ0) is 13.4. The lowest BCUT2D eigenvalue weighted by Gasteiger charge is -2.12. The average Bonchev–Trinajstić information content (AvgIpc) is 2.46. The molecular weight excluding hydrogens is 246 g/mol. The minimum absolute atomic E-state index is 0.171. The molecule has 0 radical (unpaired) electrons. The fourth-order valence-corrected chi connectivity index (χ4v) is 4.07. The van der Waals surface area contributed by atoms with Gasteiger partial charge in [-0.05, 0) is 25.7 Å². The van der Waals surface area contributed by atoms with Gasteiger partial charge in [-0.15, -0.1) is 0 Å². The Morgan fingerprint density at radius 3 is 2.61 bits per heavy atom. The van der Waals surface area contributed by atoms with Gasteiger partial charge in [-0.3, -0.25) is 0 Å². The van der Waals surface area contributed by atoms with Crippen molar-refractivity contribution in [3.05, 3.63) is 11.1 Å². The summed E-state index contributed by atoms with van der Waals surface area (Å²) in [5.41, 5.74) is 0.912. The van der Waals surface area contributed by atoms with Gasteiger partial charge in [0.1, 0.15) is 0 Å². The van der Waals surface area contributed by atoms with Crippen LogP contribution >= 0.6 is 0 Å². The Morgan fingerprint density at radius 2 is 1.94 bits per heavy atom. The van der Waals surface area contributed by atoms with Crippen LogP contribution in [0.2, 0.25) is 0 Å². The predicted molar refractivity (Wildman–Crippen MR) is 77.1 cm³/mol. The molecule has 1 heterocycles. The van der Waals surface area contributed by atoms with Crippen molar-refractivity contribution in [2.75, 3.05) is 6.54 Å². The zero-order valence-corrected chi connectivity index (χ0v) is 12.6. The molecule has 0 aromatic heterocycles. The number of hydrogen-bond donors (Lipinski definition) is 1. The molecule has 0 aliphatic carbocycles. The van der Waals surface area contributed by atoms with Crippen molar-refractivity contribution in [2.45, 2.75) is 70.5 Å². The van der Waals surface area contributed by atoms with Gasteiger partial charge in [0.15, 0.2) is 9.84 Å². The lowest BCUT2D eigenvalue weighted by molar-refractivity contribution is 0.550. The smallest absolute Gasteiger partial charge is 0.176 e. The first-order chi connectivity index (χ1) is 8.60. The predicted octanol–water partition coefficient (Wildman–Crippen LogP) is 3.38. The zero-order valence-electron chi connectivity index (χ0n) is 11.7. The molecule has 0 aromatic carbocycles. The quantitative estimate of drug-likeness (QED) is 0.723. The van der Waals surface area contributed by atoms with Crippen LogP contribution in [0.3, 0.4) is 0 Å². The second-order valence-corrected chi connectivity index (χ2v) is 7.25. The molecule has 0 aromatic rings. The van der Waals surface area contributed by atoms with Crippen molar-refractivity contribution in [1.29, 1.82) is 0 Å². The Bertz CT molecular complexity index is 360. The summed E-state index contributed by atoms with van der Waals surface area (Å²) in [6.45, 7) is 5.07. The molecule has 3 nitrogen and oxygen atoms in total. The minimum atomic E-state index is -3.04. The number of allylic oxidation sites excluding steroid dienone is 1. The van der Waals surface area contributed by atoms with Crippen LogP contribution in [0, 0.1) is 0 Å². The molecule has 0 spiro atoms. The molecule has 18 heavy (non-hydrogen) atoms. The molecule has 106 valence electrons. The highest BCUT2D eigenvalue weighted by Gasteiger charge is 2.25. The van der Waals surface area contributed by atoms with Gasteiger partial charge < -0.3 is 5.32 Å². The molecule has 4 heteroatoms. The molecule has 1 unspecified atom stereocenters. The summed E-state index contributed by atoms with van der Waals surface area (Å²) in [6, 6.07) is 0. The number of sulfone groups is 1. The summed E-state index contributed by atoms with van der Waals surface area (Å²) in [5, 5.41) is 4.61. The highest BCUT2D eigenvalue weighted by molar-refractivity contribution is 7.94. The topological polar surface area (TPSA) is 46.2 Å². The van der Waals surface area contributed by atoms with E-state index in [0.717, 1.165) is 63.6 Å². The van der Waals surface area contributed by atoms with Crippen molar-refractivity contribution >= 4 is 9.84 Å². The Labute approximate surface area is 112 Å². The van der Waals surface area contributed by atoms with E-state index in [1.165, 1.54) is 5.41 Å². The first-order valence-corrected chi connectivity index (χ1v) is 8.89. The van der Waals surface area contributed by atoms with Crippen LogP contribution in [-0.4, -0.2) is 20.2 Å². The van der Waals surface area contributed by atoms with E-state index < -0.39 is 9.84 Å². The fourth-order valence-electron chi connectivity index (χ4n) is 2.34. The van der Waals surface area contributed by atoms with Gasteiger partial charge in [0.2, 0.25) is 0 Å². The minimum Gasteiger partial charge on any atom is -0.388 e. The SMILES string of the molecule is CCCCCC1CCNC(CCCC)=CS1(=O)=O. The van der Waals surface area contributed by atoms with E-state index in [1.807, 2.05) is 0 Å². The lowest BCUT2D eigenvalue weighted by Crippen LogP contribution is -2.20. The Kier molecular flexibility index (Phi) is 6.76. The summed E-state index contributed by atoms with van der Waals surface area (Å²) in [5.74, 6) is 0. The molecule has 1 rings (SSSR count). The fraction of sp³-hybridized carbons (Fsp3) is 0.857. The molecule has 0 saturated carbocycles. The maximum absolute atomic E-state index is 12.3. The highest BCUT2D eigenvalue weighted by atomic mass is 32.2. The molecule has 0 fully saturated rings. The molecular formula is C14H27NO2S. The summed E-state index contributed by atoms with van der Waals surface area (Å²) in [6.07, 6.45) is 7.87. The van der Waals surface area contributed by atoms with Gasteiger partial charge in [-0.1, -0.05) is 39.5 Å². The number of hydrogen-bond acceptors (Lipinski definition) is 3. The van der Waals surface area contributed by atoms with Gasteiger partial charge >= 0.3 is 0 Å². The van der Waals surface area contributed by atoms with Gasteiger partial charge in [-0.25, -0.2) is 8.42 Å². The van der Waals surface area contributed by atoms with E-state index in [0.29, 0.717) is 0 Å². The van der Waals surface area contributed by atoms with E-state index in [2.05, 4.69) is 19.2 Å². The summed E-state index contributed by atoms with van der Waals surface area (Å²) < 4.78 is 24.5. The van der Waals surface area contributed by atoms with Crippen molar-refractivity contribution < 1.29 is 8.42 Å². The summed E-state index contributed by atoms with van der Waals surface area (Å²) in [7, 11) is -3.04. The first-order valence-electron chi connectivity index (χ1n) is 7.28. The molecule has 1 aliphatic rings. The van der Waals surface area contributed by atoms with Gasteiger partial charge in [0.25, 0.3) is 0 Å². The van der Waals surface area contributed by atoms with Crippen molar-refractivity contribution in [3.63, 3.8) is 0 Å². The molecule has 0 bridgehead atoms. The van der Waals surface area contributed by atoms with Crippen LogP contribution in [0.4, 0.5) is 0 Å². The van der Waals surface area contributed by atoms with E-state index in [4.69, 9.17) is 0 Å². The van der Waals surface area contributed by atoms with Gasteiger partial charge in [0.05, 0.1) is 5.25 Å². The monoisotopic (exact) mass is 273 g/mol. The largest absolute Gasteiger partial charge is 0.388 e. The van der Waals surface area contributed by atoms with E-state index in [1.54, 1.807) is 0 Å². The summed E-state index contributed by atoms with van der Waals surface area (Å²) >= 11 is 0. The average molecular weight is 273 g/mol. The standard InChI is InChI=1S/C14H27NO2S/c1-3-5-7-9-14-10-11-15-13(8-6-4-2)12-18(14,16)17/h12,14-15H,3-11H2,1-2H3. The maximum atomic E-state index is 12.3. The van der Waals surface area contributed by atoms with Crippen LogP contribution in [0.15, 0.2) is 11.1 Å². The first kappa shape index (κ1) is 15.5. The number of nitrogens with one attached hydrogen (secondary N) is 1. The number of rotatable bonds is 7. The second kappa shape index (κ2) is 7.82. The molecule has 1 aliphatic heterocycles. The lowest BCUT2D eigenvalue weighted by atomic mass is 10.1. The van der Waals surface area contributed by atoms with Gasteiger partial charge in [0, 0.05) is 17.6 Å².